The summed E-state index contributed by atoms with van der Waals surface area (Å²) in [5.74, 6) is 2.20. The van der Waals surface area contributed by atoms with Gasteiger partial charge in [-0.3, -0.25) is 0 Å². The van der Waals surface area contributed by atoms with E-state index in [0.717, 1.165) is 57.1 Å². The van der Waals surface area contributed by atoms with Gasteiger partial charge in [0.2, 0.25) is 0 Å². The highest BCUT2D eigenvalue weighted by atomic mass is 16.3. The van der Waals surface area contributed by atoms with Crippen molar-refractivity contribution < 1.29 is 5.11 Å². The molecule has 1 atom stereocenters. The molecule has 1 fully saturated rings. The minimum Gasteiger partial charge on any atom is -0.385 e. The molecule has 1 N–H and O–H groups in total. The molecule has 0 amide bonds. The number of aromatic nitrogens is 4. The lowest BCUT2D eigenvalue weighted by Gasteiger charge is -2.34. The van der Waals surface area contributed by atoms with Crippen molar-refractivity contribution >= 4 is 0 Å². The molecule has 0 aromatic carbocycles. The van der Waals surface area contributed by atoms with Gasteiger partial charge in [0.15, 0.2) is 0 Å². The fraction of sp³-hybridized carbons (Fsp3) is 0.647. The Morgan fingerprint density at radius 1 is 1.17 bits per heavy atom. The molecule has 2 aromatic rings. The number of nitrogens with zero attached hydrogens (tertiary/aromatic N) is 5. The van der Waals surface area contributed by atoms with Crippen LogP contribution in [0.3, 0.4) is 0 Å². The Morgan fingerprint density at radius 2 is 1.91 bits per heavy atom. The first kappa shape index (κ1) is 16.2. The van der Waals surface area contributed by atoms with Gasteiger partial charge in [-0.15, -0.1) is 0 Å². The molecule has 1 saturated heterocycles. The quantitative estimate of drug-likeness (QED) is 0.882. The van der Waals surface area contributed by atoms with Crippen molar-refractivity contribution in [3.8, 4) is 0 Å². The molecule has 6 heteroatoms. The zero-order chi connectivity index (χ0) is 16.2. The number of aliphatic hydroxyl groups excluding tert-OH is 1. The molecular formula is C17H27N5O. The van der Waals surface area contributed by atoms with Crippen molar-refractivity contribution in [1.82, 2.24) is 24.0 Å². The molecule has 23 heavy (non-hydrogen) atoms. The van der Waals surface area contributed by atoms with Gasteiger partial charge in [0, 0.05) is 38.4 Å². The standard InChI is InChI=1S/C17H27N5O/c1-14-18-7-13-22(14)9-3-8-21-10-4-15(5-11-21)16(23)17-19-6-12-20(17)2/h6-7,12-13,15-16,23H,3-5,8-11H2,1-2H3. The number of likely N-dealkylation sites (tertiary alicyclic amines) is 1. The van der Waals surface area contributed by atoms with E-state index in [2.05, 4.69) is 19.4 Å². The molecule has 0 saturated carbocycles. The SMILES string of the molecule is Cc1nccn1CCCN1CCC(C(O)c2nccn2C)CC1. The number of rotatable bonds is 6. The molecule has 1 unspecified atom stereocenters. The lowest BCUT2D eigenvalue weighted by molar-refractivity contribution is 0.0506. The second-order valence-electron chi connectivity index (χ2n) is 6.54. The van der Waals surface area contributed by atoms with Gasteiger partial charge in [0.25, 0.3) is 0 Å². The molecule has 3 rings (SSSR count). The lowest BCUT2D eigenvalue weighted by atomic mass is 9.90. The van der Waals surface area contributed by atoms with Crippen LogP contribution < -0.4 is 0 Å². The van der Waals surface area contributed by atoms with E-state index < -0.39 is 6.10 Å². The van der Waals surface area contributed by atoms with E-state index in [1.54, 1.807) is 6.20 Å². The van der Waals surface area contributed by atoms with Gasteiger partial charge in [-0.05, 0) is 51.7 Å². The molecular weight excluding hydrogens is 290 g/mol. The maximum atomic E-state index is 10.5. The average molecular weight is 317 g/mol. The Kier molecular flexibility index (Phi) is 5.13. The van der Waals surface area contributed by atoms with Crippen LogP contribution in [0.5, 0.6) is 0 Å². The fourth-order valence-corrected chi connectivity index (χ4v) is 3.47. The summed E-state index contributed by atoms with van der Waals surface area (Å²) >= 11 is 0. The van der Waals surface area contributed by atoms with Crippen LogP contribution in [0.25, 0.3) is 0 Å². The largest absolute Gasteiger partial charge is 0.385 e. The molecule has 3 heterocycles. The van der Waals surface area contributed by atoms with E-state index in [0.29, 0.717) is 5.92 Å². The highest BCUT2D eigenvalue weighted by Crippen LogP contribution is 2.29. The summed E-state index contributed by atoms with van der Waals surface area (Å²) in [4.78, 5) is 11.1. The first-order chi connectivity index (χ1) is 11.1. The highest BCUT2D eigenvalue weighted by molar-refractivity contribution is 4.98. The molecule has 0 radical (unpaired) electrons. The zero-order valence-electron chi connectivity index (χ0n) is 14.1. The van der Waals surface area contributed by atoms with E-state index in [-0.39, 0.29) is 0 Å². The van der Waals surface area contributed by atoms with Crippen molar-refractivity contribution in [3.63, 3.8) is 0 Å². The van der Waals surface area contributed by atoms with Gasteiger partial charge in [0.05, 0.1) is 0 Å². The second-order valence-corrected chi connectivity index (χ2v) is 6.54. The van der Waals surface area contributed by atoms with Crippen LogP contribution in [0.1, 0.15) is 37.0 Å². The van der Waals surface area contributed by atoms with E-state index in [4.69, 9.17) is 0 Å². The highest BCUT2D eigenvalue weighted by Gasteiger charge is 2.28. The van der Waals surface area contributed by atoms with Crippen molar-refractivity contribution in [3.05, 3.63) is 36.4 Å². The summed E-state index contributed by atoms with van der Waals surface area (Å²) in [5, 5.41) is 10.5. The molecule has 126 valence electrons. The van der Waals surface area contributed by atoms with Crippen molar-refractivity contribution in [2.75, 3.05) is 19.6 Å². The normalized spacial score (nSPS) is 18.4. The molecule has 1 aliphatic rings. The van der Waals surface area contributed by atoms with Crippen LogP contribution in [0.2, 0.25) is 0 Å². The Morgan fingerprint density at radius 3 is 2.52 bits per heavy atom. The topological polar surface area (TPSA) is 59.1 Å². The van der Waals surface area contributed by atoms with Gasteiger partial charge in [0.1, 0.15) is 17.8 Å². The first-order valence-corrected chi connectivity index (χ1v) is 8.50. The summed E-state index contributed by atoms with van der Waals surface area (Å²) in [6, 6.07) is 0. The Hall–Kier alpha value is -1.66. The smallest absolute Gasteiger partial charge is 0.137 e. The Balaban J connectivity index is 1.42. The maximum Gasteiger partial charge on any atom is 0.137 e. The van der Waals surface area contributed by atoms with Crippen LogP contribution in [0, 0.1) is 12.8 Å². The van der Waals surface area contributed by atoms with Crippen LogP contribution in [-0.4, -0.2) is 48.7 Å². The van der Waals surface area contributed by atoms with E-state index >= 15 is 0 Å². The summed E-state index contributed by atoms with van der Waals surface area (Å²) in [5.41, 5.74) is 0. The van der Waals surface area contributed by atoms with Gasteiger partial charge in [-0.2, -0.15) is 0 Å². The fourth-order valence-electron chi connectivity index (χ4n) is 3.47. The monoisotopic (exact) mass is 317 g/mol. The predicted octanol–water partition coefficient (Wildman–Crippen LogP) is 1.76. The van der Waals surface area contributed by atoms with Crippen molar-refractivity contribution in [1.29, 1.82) is 0 Å². The summed E-state index contributed by atoms with van der Waals surface area (Å²) in [7, 11) is 1.94. The minimum atomic E-state index is -0.439. The van der Waals surface area contributed by atoms with Crippen molar-refractivity contribution in [2.45, 2.75) is 38.8 Å². The maximum absolute atomic E-state index is 10.5. The zero-order valence-corrected chi connectivity index (χ0v) is 14.1. The second kappa shape index (κ2) is 7.27. The molecule has 6 nitrogen and oxygen atoms in total. The third-order valence-electron chi connectivity index (χ3n) is 5.00. The number of aliphatic hydroxyl groups is 1. The van der Waals surface area contributed by atoms with Crippen LogP contribution in [0.15, 0.2) is 24.8 Å². The number of aryl methyl sites for hydroxylation is 3. The summed E-state index contributed by atoms with van der Waals surface area (Å²) in [6.45, 7) is 6.32. The number of piperidine rings is 1. The average Bonchev–Trinajstić information content (AvgIpc) is 3.16. The summed E-state index contributed by atoms with van der Waals surface area (Å²) < 4.78 is 4.13. The first-order valence-electron chi connectivity index (χ1n) is 8.50. The van der Waals surface area contributed by atoms with Gasteiger partial charge in [-0.25, -0.2) is 9.97 Å². The van der Waals surface area contributed by atoms with Gasteiger partial charge >= 0.3 is 0 Å². The van der Waals surface area contributed by atoms with E-state index in [9.17, 15) is 5.11 Å². The molecule has 1 aliphatic heterocycles. The lowest BCUT2D eigenvalue weighted by Crippen LogP contribution is -2.37. The third-order valence-corrected chi connectivity index (χ3v) is 5.00. The molecule has 2 aromatic heterocycles. The predicted molar refractivity (Wildman–Crippen MR) is 88.9 cm³/mol. The Labute approximate surface area is 137 Å². The van der Waals surface area contributed by atoms with Crippen LogP contribution >= 0.6 is 0 Å². The van der Waals surface area contributed by atoms with Crippen LogP contribution in [0.4, 0.5) is 0 Å². The third kappa shape index (κ3) is 3.82. The van der Waals surface area contributed by atoms with E-state index in [1.165, 1.54) is 0 Å². The van der Waals surface area contributed by atoms with Gasteiger partial charge < -0.3 is 19.1 Å². The van der Waals surface area contributed by atoms with Crippen LogP contribution in [-0.2, 0) is 13.6 Å². The van der Waals surface area contributed by atoms with Crippen molar-refractivity contribution in [2.24, 2.45) is 13.0 Å². The summed E-state index contributed by atoms with van der Waals surface area (Å²) in [6.07, 6.45) is 10.3. The number of imidazole rings is 2. The molecule has 0 spiro atoms. The minimum absolute atomic E-state index is 0.322. The Bertz CT molecular complexity index is 612. The van der Waals surface area contributed by atoms with Gasteiger partial charge in [-0.1, -0.05) is 0 Å². The molecule has 0 aliphatic carbocycles. The number of hydrogen-bond acceptors (Lipinski definition) is 4. The molecule has 0 bridgehead atoms. The van der Waals surface area contributed by atoms with E-state index in [1.807, 2.05) is 37.1 Å². The number of hydrogen-bond donors (Lipinski definition) is 1.